The molecule has 3 N–H and O–H groups in total. The van der Waals surface area contributed by atoms with Crippen molar-refractivity contribution in [2.24, 2.45) is 0 Å². The topological polar surface area (TPSA) is 79.2 Å². The highest BCUT2D eigenvalue weighted by molar-refractivity contribution is 6.32. The first-order valence-electron chi connectivity index (χ1n) is 10.5. The van der Waals surface area contributed by atoms with E-state index >= 15 is 0 Å². The van der Waals surface area contributed by atoms with Crippen LogP contribution < -0.4 is 10.6 Å². The van der Waals surface area contributed by atoms with Gasteiger partial charge in [0.2, 0.25) is 0 Å². The number of carbonyl (C=O) groups excluding carboxylic acids is 1. The number of carbonyl (C=O) groups is 1. The largest absolute Gasteiger partial charge is 0.506 e. The second-order valence-electron chi connectivity index (χ2n) is 8.95. The molecule has 1 aliphatic carbocycles. The van der Waals surface area contributed by atoms with Gasteiger partial charge >= 0.3 is 6.03 Å². The van der Waals surface area contributed by atoms with Crippen LogP contribution in [0, 0.1) is 0 Å². The summed E-state index contributed by atoms with van der Waals surface area (Å²) in [7, 11) is 0. The molecular weight excluding hydrogens is 412 g/mol. The number of hydrogen-bond donors (Lipinski definition) is 3. The van der Waals surface area contributed by atoms with Crippen molar-refractivity contribution in [3.8, 4) is 11.4 Å². The molecule has 1 aromatic heterocycles. The highest BCUT2D eigenvalue weighted by Gasteiger charge is 2.24. The second-order valence-corrected chi connectivity index (χ2v) is 9.36. The van der Waals surface area contributed by atoms with Gasteiger partial charge in [0.1, 0.15) is 11.6 Å². The predicted molar refractivity (Wildman–Crippen MR) is 123 cm³/mol. The highest BCUT2D eigenvalue weighted by Crippen LogP contribution is 2.31. The molecule has 0 radical (unpaired) electrons. The van der Waals surface area contributed by atoms with Crippen molar-refractivity contribution in [3.05, 3.63) is 70.4 Å². The summed E-state index contributed by atoms with van der Waals surface area (Å²) in [6, 6.07) is 14.7. The molecule has 0 spiro atoms. The van der Waals surface area contributed by atoms with E-state index in [4.69, 9.17) is 16.7 Å². The molecule has 1 aliphatic rings. The fourth-order valence-corrected chi connectivity index (χ4v) is 4.05. The number of urea groups is 1. The van der Waals surface area contributed by atoms with Crippen LogP contribution in [0.1, 0.15) is 56.5 Å². The quantitative estimate of drug-likeness (QED) is 0.488. The molecule has 0 aliphatic heterocycles. The van der Waals surface area contributed by atoms with E-state index in [0.717, 1.165) is 25.0 Å². The van der Waals surface area contributed by atoms with Crippen LogP contribution in [-0.4, -0.2) is 20.9 Å². The molecule has 0 fully saturated rings. The Morgan fingerprint density at radius 2 is 1.97 bits per heavy atom. The third kappa shape index (κ3) is 4.54. The molecule has 7 heteroatoms. The van der Waals surface area contributed by atoms with Crippen molar-refractivity contribution in [1.29, 1.82) is 0 Å². The molecule has 6 nitrogen and oxygen atoms in total. The second kappa shape index (κ2) is 8.27. The lowest BCUT2D eigenvalue weighted by Gasteiger charge is -2.26. The third-order valence-corrected chi connectivity index (χ3v) is 5.87. The monoisotopic (exact) mass is 438 g/mol. The summed E-state index contributed by atoms with van der Waals surface area (Å²) in [5.41, 5.74) is 3.74. The third-order valence-electron chi connectivity index (χ3n) is 5.57. The van der Waals surface area contributed by atoms with E-state index in [1.54, 1.807) is 16.8 Å². The molecule has 0 saturated carbocycles. The molecule has 2 amide bonds. The lowest BCUT2D eigenvalue weighted by atomic mass is 9.88. The Morgan fingerprint density at radius 3 is 2.71 bits per heavy atom. The molecule has 3 aromatic rings. The van der Waals surface area contributed by atoms with Crippen LogP contribution in [0.5, 0.6) is 5.75 Å². The Labute approximate surface area is 187 Å². The van der Waals surface area contributed by atoms with Crippen LogP contribution in [0.4, 0.5) is 10.6 Å². The molecular formula is C24H27ClN4O2. The van der Waals surface area contributed by atoms with Crippen molar-refractivity contribution in [2.75, 3.05) is 5.32 Å². The first-order valence-corrected chi connectivity index (χ1v) is 10.8. The fourth-order valence-electron chi connectivity index (χ4n) is 3.88. The zero-order valence-corrected chi connectivity index (χ0v) is 18.7. The fraction of sp³-hybridized carbons (Fsp3) is 0.333. The maximum atomic E-state index is 12.9. The van der Waals surface area contributed by atoms with Gasteiger partial charge in [-0.15, -0.1) is 0 Å². The van der Waals surface area contributed by atoms with E-state index < -0.39 is 0 Å². The summed E-state index contributed by atoms with van der Waals surface area (Å²) in [6.45, 7) is 6.19. The van der Waals surface area contributed by atoms with E-state index in [1.807, 2.05) is 18.2 Å². The van der Waals surface area contributed by atoms with Crippen molar-refractivity contribution in [3.63, 3.8) is 0 Å². The van der Waals surface area contributed by atoms with Crippen molar-refractivity contribution < 1.29 is 9.90 Å². The van der Waals surface area contributed by atoms with Gasteiger partial charge in [0.15, 0.2) is 0 Å². The van der Waals surface area contributed by atoms with Crippen molar-refractivity contribution >= 4 is 23.4 Å². The average molecular weight is 439 g/mol. The zero-order chi connectivity index (χ0) is 22.2. The average Bonchev–Trinajstić information content (AvgIpc) is 3.14. The van der Waals surface area contributed by atoms with Crippen molar-refractivity contribution in [2.45, 2.75) is 51.5 Å². The number of hydrogen-bond acceptors (Lipinski definition) is 3. The minimum Gasteiger partial charge on any atom is -0.506 e. The van der Waals surface area contributed by atoms with Gasteiger partial charge < -0.3 is 10.4 Å². The Morgan fingerprint density at radius 1 is 1.19 bits per heavy atom. The van der Waals surface area contributed by atoms with Gasteiger partial charge in [-0.1, -0.05) is 56.6 Å². The number of benzene rings is 2. The Hall–Kier alpha value is -2.99. The molecule has 31 heavy (non-hydrogen) atoms. The SMILES string of the molecule is CC(C)(C)c1cc(NC(=O)N[C@H]2CCCc3ccccc32)n(-c2ccc(O)c(Cl)c2)n1. The van der Waals surface area contributed by atoms with Gasteiger partial charge in [-0.05, 0) is 48.6 Å². The van der Waals surface area contributed by atoms with E-state index in [2.05, 4.69) is 43.5 Å². The van der Waals surface area contributed by atoms with Gasteiger partial charge in [-0.3, -0.25) is 5.32 Å². The molecule has 0 saturated heterocycles. The number of aromatic hydroxyl groups is 1. The number of phenols is 1. The summed E-state index contributed by atoms with van der Waals surface area (Å²) in [5.74, 6) is 0.533. The first-order chi connectivity index (χ1) is 14.7. The maximum absolute atomic E-state index is 12.9. The smallest absolute Gasteiger partial charge is 0.320 e. The van der Waals surface area contributed by atoms with Gasteiger partial charge in [-0.25, -0.2) is 9.48 Å². The van der Waals surface area contributed by atoms with Gasteiger partial charge in [0.05, 0.1) is 22.4 Å². The molecule has 162 valence electrons. The first kappa shape index (κ1) is 21.2. The standard InChI is InChI=1S/C24H27ClN4O2/c1-24(2,3)21-14-22(29(28-21)16-11-12-20(30)18(25)13-16)27-23(31)26-19-10-6-8-15-7-4-5-9-17(15)19/h4-5,7,9,11-14,19,30H,6,8,10H2,1-3H3,(H2,26,27,31)/t19-/m0/s1. The minimum absolute atomic E-state index is 0.00293. The number of fused-ring (bicyclic) bond motifs is 1. The van der Waals surface area contributed by atoms with Gasteiger partial charge in [0.25, 0.3) is 0 Å². The molecule has 2 aromatic carbocycles. The minimum atomic E-state index is -0.284. The summed E-state index contributed by atoms with van der Waals surface area (Å²) in [4.78, 5) is 12.9. The van der Waals surface area contributed by atoms with Crippen LogP contribution >= 0.6 is 11.6 Å². The molecule has 1 atom stereocenters. The summed E-state index contributed by atoms with van der Waals surface area (Å²) in [5, 5.41) is 20.7. The van der Waals surface area contributed by atoms with E-state index in [1.165, 1.54) is 17.2 Å². The number of rotatable bonds is 3. The van der Waals surface area contributed by atoms with E-state index in [-0.39, 0.29) is 28.3 Å². The number of halogens is 1. The Bertz CT molecular complexity index is 1120. The Kier molecular flexibility index (Phi) is 5.67. The summed E-state index contributed by atoms with van der Waals surface area (Å²) < 4.78 is 1.64. The lowest BCUT2D eigenvalue weighted by molar-refractivity contribution is 0.247. The zero-order valence-electron chi connectivity index (χ0n) is 17.9. The number of nitrogens with one attached hydrogen (secondary N) is 2. The van der Waals surface area contributed by atoms with Gasteiger partial charge in [-0.2, -0.15) is 5.10 Å². The molecule has 1 heterocycles. The van der Waals surface area contributed by atoms with E-state index in [9.17, 15) is 9.90 Å². The number of phenolic OH excluding ortho intramolecular Hbond substituents is 1. The summed E-state index contributed by atoms with van der Waals surface area (Å²) in [6.07, 6.45) is 2.99. The number of amides is 2. The van der Waals surface area contributed by atoms with Crippen LogP contribution in [0.25, 0.3) is 5.69 Å². The molecule has 0 bridgehead atoms. The van der Waals surface area contributed by atoms with Crippen LogP contribution in [0.15, 0.2) is 48.5 Å². The van der Waals surface area contributed by atoms with Crippen LogP contribution in [-0.2, 0) is 11.8 Å². The predicted octanol–water partition coefficient (Wildman–Crippen LogP) is 5.73. The van der Waals surface area contributed by atoms with Crippen molar-refractivity contribution in [1.82, 2.24) is 15.1 Å². The number of aromatic nitrogens is 2. The molecule has 0 unspecified atom stereocenters. The summed E-state index contributed by atoms with van der Waals surface area (Å²) >= 11 is 6.10. The molecule has 4 rings (SSSR count). The number of aryl methyl sites for hydroxylation is 1. The highest BCUT2D eigenvalue weighted by atomic mass is 35.5. The number of anilines is 1. The van der Waals surface area contributed by atoms with Crippen LogP contribution in [0.2, 0.25) is 5.02 Å². The van der Waals surface area contributed by atoms with Gasteiger partial charge in [0, 0.05) is 11.5 Å². The maximum Gasteiger partial charge on any atom is 0.320 e. The normalized spacial score (nSPS) is 15.9. The van der Waals surface area contributed by atoms with Crippen LogP contribution in [0.3, 0.4) is 0 Å². The Balaban J connectivity index is 1.61. The number of nitrogens with zero attached hydrogens (tertiary/aromatic N) is 2. The van der Waals surface area contributed by atoms with E-state index in [0.29, 0.717) is 11.5 Å². The lowest BCUT2D eigenvalue weighted by Crippen LogP contribution is -2.34.